The summed E-state index contributed by atoms with van der Waals surface area (Å²) in [5, 5.41) is 16.0. The first-order chi connectivity index (χ1) is 13.3. The third-order valence-corrected chi connectivity index (χ3v) is 3.74. The highest BCUT2D eigenvalue weighted by molar-refractivity contribution is 5.83. The van der Waals surface area contributed by atoms with Crippen LogP contribution in [0.3, 0.4) is 0 Å². The zero-order valence-corrected chi connectivity index (χ0v) is 14.3. The van der Waals surface area contributed by atoms with E-state index in [2.05, 4.69) is 25.9 Å². The van der Waals surface area contributed by atoms with Gasteiger partial charge in [0.1, 0.15) is 19.8 Å². The number of hydrazone groups is 1. The first-order valence-electron chi connectivity index (χ1n) is 8.33. The minimum atomic E-state index is -0.360. The lowest BCUT2D eigenvalue weighted by Crippen LogP contribution is -2.24. The summed E-state index contributed by atoms with van der Waals surface area (Å²) in [6.45, 7) is 0.970. The molecule has 0 saturated carbocycles. The van der Waals surface area contributed by atoms with Gasteiger partial charge in [-0.05, 0) is 29.0 Å². The zero-order chi connectivity index (χ0) is 18.5. The van der Waals surface area contributed by atoms with E-state index in [-0.39, 0.29) is 12.5 Å². The molecule has 0 atom stereocenters. The Labute approximate surface area is 154 Å². The average molecular weight is 364 g/mol. The summed E-state index contributed by atoms with van der Waals surface area (Å²) in [6.07, 6.45) is 1.53. The molecule has 27 heavy (non-hydrogen) atoms. The van der Waals surface area contributed by atoms with Gasteiger partial charge in [0.05, 0.1) is 6.21 Å². The van der Waals surface area contributed by atoms with Crippen LogP contribution in [0.5, 0.6) is 11.5 Å². The fraction of sp³-hybridized carbons (Fsp3) is 0.167. The van der Waals surface area contributed by atoms with Crippen LogP contribution in [0.4, 0.5) is 0 Å². The molecule has 0 radical (unpaired) electrons. The van der Waals surface area contributed by atoms with E-state index < -0.39 is 0 Å². The van der Waals surface area contributed by atoms with Gasteiger partial charge < -0.3 is 9.47 Å². The lowest BCUT2D eigenvalue weighted by molar-refractivity contribution is -0.122. The SMILES string of the molecule is O=C(Cn1nnc(-c2ccccc2)n1)NN=Cc1ccc2c(c1)OCCO2. The zero-order valence-electron chi connectivity index (χ0n) is 14.3. The molecule has 1 aliphatic rings. The quantitative estimate of drug-likeness (QED) is 0.540. The number of hydrogen-bond acceptors (Lipinski definition) is 7. The van der Waals surface area contributed by atoms with Crippen LogP contribution in [-0.2, 0) is 11.3 Å². The summed E-state index contributed by atoms with van der Waals surface area (Å²) in [7, 11) is 0. The molecule has 1 amide bonds. The van der Waals surface area contributed by atoms with E-state index in [1.807, 2.05) is 42.5 Å². The number of ether oxygens (including phenoxy) is 2. The standard InChI is InChI=1S/C18H16N6O3/c25-17(12-24-22-18(21-23-24)14-4-2-1-3-5-14)20-19-11-13-6-7-15-16(10-13)27-9-8-26-15/h1-7,10-11H,8-9,12H2,(H,20,25). The molecule has 0 spiro atoms. The van der Waals surface area contributed by atoms with E-state index in [1.54, 1.807) is 6.07 Å². The number of carbonyl (C=O) groups excluding carboxylic acids is 1. The lowest BCUT2D eigenvalue weighted by Gasteiger charge is -2.18. The predicted molar refractivity (Wildman–Crippen MR) is 96.4 cm³/mol. The summed E-state index contributed by atoms with van der Waals surface area (Å²) in [4.78, 5) is 13.2. The van der Waals surface area contributed by atoms with Crippen LogP contribution in [0, 0.1) is 0 Å². The molecular weight excluding hydrogens is 348 g/mol. The second-order valence-corrected chi connectivity index (χ2v) is 5.71. The van der Waals surface area contributed by atoms with Crippen LogP contribution >= 0.6 is 0 Å². The number of tetrazole rings is 1. The Balaban J connectivity index is 1.33. The number of nitrogens with zero attached hydrogens (tertiary/aromatic N) is 5. The number of rotatable bonds is 5. The summed E-state index contributed by atoms with van der Waals surface area (Å²) < 4.78 is 11.0. The predicted octanol–water partition coefficient (Wildman–Crippen LogP) is 1.26. The van der Waals surface area contributed by atoms with Crippen LogP contribution in [0.25, 0.3) is 11.4 Å². The van der Waals surface area contributed by atoms with E-state index in [9.17, 15) is 4.79 Å². The molecule has 0 bridgehead atoms. The third kappa shape index (κ3) is 4.09. The molecular formula is C18H16N6O3. The minimum absolute atomic E-state index is 0.0850. The van der Waals surface area contributed by atoms with Crippen LogP contribution in [0.1, 0.15) is 5.56 Å². The second kappa shape index (κ2) is 7.65. The monoisotopic (exact) mass is 364 g/mol. The van der Waals surface area contributed by atoms with Crippen molar-refractivity contribution in [3.63, 3.8) is 0 Å². The fourth-order valence-electron chi connectivity index (χ4n) is 2.50. The van der Waals surface area contributed by atoms with Gasteiger partial charge in [0.2, 0.25) is 5.82 Å². The molecule has 9 nitrogen and oxygen atoms in total. The number of carbonyl (C=O) groups is 1. The van der Waals surface area contributed by atoms with Crippen LogP contribution < -0.4 is 14.9 Å². The molecule has 2 aromatic carbocycles. The lowest BCUT2D eigenvalue weighted by atomic mass is 10.2. The molecule has 3 aromatic rings. The summed E-state index contributed by atoms with van der Waals surface area (Å²) >= 11 is 0. The Hall–Kier alpha value is -3.75. The second-order valence-electron chi connectivity index (χ2n) is 5.71. The number of benzene rings is 2. The van der Waals surface area contributed by atoms with Crippen molar-refractivity contribution in [1.29, 1.82) is 0 Å². The van der Waals surface area contributed by atoms with Crippen molar-refractivity contribution in [3.8, 4) is 22.9 Å². The highest BCUT2D eigenvalue weighted by atomic mass is 16.6. The number of aromatic nitrogens is 4. The maximum absolute atomic E-state index is 12.0. The maximum atomic E-state index is 12.0. The highest BCUT2D eigenvalue weighted by Gasteiger charge is 2.11. The smallest absolute Gasteiger partial charge is 0.263 e. The number of hydrogen-bond donors (Lipinski definition) is 1. The van der Waals surface area contributed by atoms with Gasteiger partial charge in [-0.1, -0.05) is 30.3 Å². The molecule has 4 rings (SSSR count). The van der Waals surface area contributed by atoms with Crippen molar-refractivity contribution in [1.82, 2.24) is 25.6 Å². The molecule has 9 heteroatoms. The largest absolute Gasteiger partial charge is 0.486 e. The van der Waals surface area contributed by atoms with Gasteiger partial charge in [-0.15, -0.1) is 10.2 Å². The molecule has 0 unspecified atom stereocenters. The van der Waals surface area contributed by atoms with Crippen LogP contribution in [0.2, 0.25) is 0 Å². The molecule has 136 valence electrons. The van der Waals surface area contributed by atoms with Gasteiger partial charge >= 0.3 is 0 Å². The molecule has 2 heterocycles. The van der Waals surface area contributed by atoms with E-state index in [1.165, 1.54) is 11.0 Å². The molecule has 0 saturated heterocycles. The van der Waals surface area contributed by atoms with E-state index in [4.69, 9.17) is 9.47 Å². The van der Waals surface area contributed by atoms with Crippen molar-refractivity contribution in [2.75, 3.05) is 13.2 Å². The third-order valence-electron chi connectivity index (χ3n) is 3.74. The average Bonchev–Trinajstić information content (AvgIpc) is 3.17. The van der Waals surface area contributed by atoms with Crippen LogP contribution in [0.15, 0.2) is 53.6 Å². The van der Waals surface area contributed by atoms with E-state index in [0.717, 1.165) is 11.1 Å². The minimum Gasteiger partial charge on any atom is -0.486 e. The van der Waals surface area contributed by atoms with Crippen molar-refractivity contribution < 1.29 is 14.3 Å². The Morgan fingerprint density at radius 3 is 2.81 bits per heavy atom. The molecule has 1 N–H and O–H groups in total. The molecule has 0 fully saturated rings. The normalized spacial score (nSPS) is 12.9. The van der Waals surface area contributed by atoms with Gasteiger partial charge in [-0.25, -0.2) is 5.43 Å². The number of amides is 1. The number of fused-ring (bicyclic) bond motifs is 1. The topological polar surface area (TPSA) is 104 Å². The highest BCUT2D eigenvalue weighted by Crippen LogP contribution is 2.30. The van der Waals surface area contributed by atoms with E-state index >= 15 is 0 Å². The Kier molecular flexibility index (Phi) is 4.73. The van der Waals surface area contributed by atoms with Gasteiger partial charge in [0.25, 0.3) is 5.91 Å². The Morgan fingerprint density at radius 2 is 1.96 bits per heavy atom. The van der Waals surface area contributed by atoms with Gasteiger partial charge in [0, 0.05) is 5.56 Å². The van der Waals surface area contributed by atoms with Crippen molar-refractivity contribution in [2.24, 2.45) is 5.10 Å². The van der Waals surface area contributed by atoms with Crippen molar-refractivity contribution in [3.05, 3.63) is 54.1 Å². The van der Waals surface area contributed by atoms with Gasteiger partial charge in [0.15, 0.2) is 11.5 Å². The first kappa shape index (κ1) is 16.7. The first-order valence-corrected chi connectivity index (χ1v) is 8.33. The maximum Gasteiger partial charge on any atom is 0.263 e. The van der Waals surface area contributed by atoms with Crippen molar-refractivity contribution >= 4 is 12.1 Å². The summed E-state index contributed by atoms with van der Waals surface area (Å²) in [5.41, 5.74) is 4.05. The van der Waals surface area contributed by atoms with Gasteiger partial charge in [-0.2, -0.15) is 9.90 Å². The van der Waals surface area contributed by atoms with Crippen LogP contribution in [-0.4, -0.2) is 45.5 Å². The molecule has 1 aromatic heterocycles. The van der Waals surface area contributed by atoms with Gasteiger partial charge in [-0.3, -0.25) is 4.79 Å². The summed E-state index contributed by atoms with van der Waals surface area (Å²) in [5.74, 6) is 1.47. The van der Waals surface area contributed by atoms with Crippen molar-refractivity contribution in [2.45, 2.75) is 6.54 Å². The Bertz CT molecular complexity index is 970. The van der Waals surface area contributed by atoms with E-state index in [0.29, 0.717) is 30.5 Å². The number of nitrogens with one attached hydrogen (secondary N) is 1. The fourth-order valence-corrected chi connectivity index (χ4v) is 2.50. The Morgan fingerprint density at radius 1 is 1.15 bits per heavy atom. The molecule has 0 aliphatic carbocycles. The molecule has 1 aliphatic heterocycles. The summed E-state index contributed by atoms with van der Waals surface area (Å²) in [6, 6.07) is 14.9.